The fraction of sp³-hybridized carbons (Fsp3) is 0.650. The smallest absolute Gasteiger partial charge is 0.222 e. The van der Waals surface area contributed by atoms with Gasteiger partial charge in [0, 0.05) is 37.9 Å². The van der Waals surface area contributed by atoms with Gasteiger partial charge in [-0.05, 0) is 37.3 Å². The molecule has 2 aliphatic rings. The van der Waals surface area contributed by atoms with Crippen molar-refractivity contribution in [2.24, 2.45) is 11.1 Å². The summed E-state index contributed by atoms with van der Waals surface area (Å²) in [5, 5.41) is 10.3. The minimum Gasteiger partial charge on any atom is -0.392 e. The van der Waals surface area contributed by atoms with Crippen molar-refractivity contribution in [1.29, 1.82) is 0 Å². The number of amides is 1. The van der Waals surface area contributed by atoms with Crippen LogP contribution in [-0.4, -0.2) is 54.4 Å². The highest BCUT2D eigenvalue weighted by Gasteiger charge is 2.56. The summed E-state index contributed by atoms with van der Waals surface area (Å²) in [5.41, 5.74) is 7.84. The zero-order chi connectivity index (χ0) is 17.9. The number of hydrogen-bond donors (Lipinski definition) is 2. The Kier molecular flexibility index (Phi) is 5.77. The van der Waals surface area contributed by atoms with Crippen molar-refractivity contribution in [3.05, 3.63) is 35.4 Å². The average Bonchev–Trinajstić information content (AvgIpc) is 2.64. The fourth-order valence-corrected chi connectivity index (χ4v) is 4.29. The van der Waals surface area contributed by atoms with E-state index in [9.17, 15) is 9.90 Å². The Hall–Kier alpha value is -1.43. The van der Waals surface area contributed by atoms with Crippen LogP contribution in [0.25, 0.3) is 0 Å². The van der Waals surface area contributed by atoms with E-state index in [-0.39, 0.29) is 23.5 Å². The van der Waals surface area contributed by atoms with Gasteiger partial charge in [-0.25, -0.2) is 0 Å². The first-order valence-electron chi connectivity index (χ1n) is 9.39. The third-order valence-corrected chi connectivity index (χ3v) is 6.10. The number of nitrogens with zero attached hydrogens (tertiary/aromatic N) is 1. The quantitative estimate of drug-likeness (QED) is 0.821. The third kappa shape index (κ3) is 3.73. The predicted octanol–water partition coefficient (Wildman–Crippen LogP) is 1.64. The lowest BCUT2D eigenvalue weighted by atomic mass is 9.58. The molecule has 5 heteroatoms. The van der Waals surface area contributed by atoms with Crippen molar-refractivity contribution in [2.45, 2.75) is 51.2 Å². The number of rotatable bonds is 6. The Morgan fingerprint density at radius 1 is 1.36 bits per heavy atom. The molecular formula is C20H30N2O3. The predicted molar refractivity (Wildman–Crippen MR) is 97.2 cm³/mol. The minimum atomic E-state index is -0.306. The fourth-order valence-electron chi connectivity index (χ4n) is 4.29. The molecule has 1 amide bonds. The number of benzene rings is 1. The van der Waals surface area contributed by atoms with Gasteiger partial charge < -0.3 is 20.5 Å². The van der Waals surface area contributed by atoms with Crippen LogP contribution in [0, 0.1) is 12.3 Å². The van der Waals surface area contributed by atoms with E-state index in [1.54, 1.807) is 0 Å². The van der Waals surface area contributed by atoms with E-state index in [0.29, 0.717) is 39.1 Å². The molecule has 0 aromatic heterocycles. The lowest BCUT2D eigenvalue weighted by Gasteiger charge is -2.56. The van der Waals surface area contributed by atoms with E-state index in [1.807, 2.05) is 17.0 Å². The van der Waals surface area contributed by atoms with E-state index in [0.717, 1.165) is 19.3 Å². The number of carbonyl (C=O) groups is 1. The Morgan fingerprint density at radius 2 is 2.08 bits per heavy atom. The van der Waals surface area contributed by atoms with E-state index >= 15 is 0 Å². The van der Waals surface area contributed by atoms with Gasteiger partial charge in [0.05, 0.1) is 18.8 Å². The number of likely N-dealkylation sites (tertiary alicyclic amines) is 1. The number of nitrogens with two attached hydrogens (primary N) is 1. The summed E-state index contributed by atoms with van der Waals surface area (Å²) in [6.45, 7) is 4.56. The van der Waals surface area contributed by atoms with Crippen LogP contribution in [0.5, 0.6) is 0 Å². The average molecular weight is 346 g/mol. The second kappa shape index (κ2) is 7.85. The molecule has 0 bridgehead atoms. The van der Waals surface area contributed by atoms with Crippen LogP contribution in [0.3, 0.4) is 0 Å². The molecule has 1 aliphatic carbocycles. The molecule has 5 nitrogen and oxygen atoms in total. The lowest BCUT2D eigenvalue weighted by Crippen LogP contribution is -2.62. The SMILES string of the molecule is Cc1ccccc1CCC(=O)N1CCC2(CC1)[C@@H](O)C[C@H]2OCCN. The first-order chi connectivity index (χ1) is 12.1. The summed E-state index contributed by atoms with van der Waals surface area (Å²) in [6.07, 6.45) is 3.46. The van der Waals surface area contributed by atoms with E-state index in [4.69, 9.17) is 10.5 Å². The molecule has 1 aromatic rings. The number of hydrogen-bond acceptors (Lipinski definition) is 4. The molecule has 1 aliphatic heterocycles. The molecule has 138 valence electrons. The molecule has 25 heavy (non-hydrogen) atoms. The summed E-state index contributed by atoms with van der Waals surface area (Å²) in [4.78, 5) is 14.5. The normalized spacial score (nSPS) is 25.0. The van der Waals surface area contributed by atoms with Gasteiger partial charge in [-0.15, -0.1) is 0 Å². The van der Waals surface area contributed by atoms with Gasteiger partial charge in [0.15, 0.2) is 0 Å². The van der Waals surface area contributed by atoms with Crippen molar-refractivity contribution in [3.8, 4) is 0 Å². The van der Waals surface area contributed by atoms with Gasteiger partial charge in [0.1, 0.15) is 0 Å². The molecule has 1 heterocycles. The molecule has 1 saturated carbocycles. The van der Waals surface area contributed by atoms with E-state index in [1.165, 1.54) is 11.1 Å². The van der Waals surface area contributed by atoms with Crippen LogP contribution in [0.15, 0.2) is 24.3 Å². The molecule has 2 fully saturated rings. The van der Waals surface area contributed by atoms with Gasteiger partial charge in [-0.3, -0.25) is 4.79 Å². The molecule has 1 spiro atoms. The summed E-state index contributed by atoms with van der Waals surface area (Å²) in [5.74, 6) is 0.214. The molecule has 3 rings (SSSR count). The standard InChI is InChI=1S/C20H30N2O3/c1-15-4-2-3-5-16(15)6-7-19(24)22-11-8-20(9-12-22)17(23)14-18(20)25-13-10-21/h2-5,17-18,23H,6-14,21H2,1H3/t17-,18+/m0/s1. The summed E-state index contributed by atoms with van der Waals surface area (Å²) >= 11 is 0. The Morgan fingerprint density at radius 3 is 2.72 bits per heavy atom. The number of piperidine rings is 1. The highest BCUT2D eigenvalue weighted by atomic mass is 16.5. The molecule has 0 radical (unpaired) electrons. The number of aliphatic hydroxyl groups is 1. The lowest BCUT2D eigenvalue weighted by molar-refractivity contribution is -0.210. The zero-order valence-corrected chi connectivity index (χ0v) is 15.1. The van der Waals surface area contributed by atoms with E-state index in [2.05, 4.69) is 19.1 Å². The Bertz CT molecular complexity index is 596. The molecular weight excluding hydrogens is 316 g/mol. The summed E-state index contributed by atoms with van der Waals surface area (Å²) in [6, 6.07) is 8.23. The van der Waals surface area contributed by atoms with Gasteiger partial charge >= 0.3 is 0 Å². The highest BCUT2D eigenvalue weighted by molar-refractivity contribution is 5.76. The van der Waals surface area contributed by atoms with Crippen molar-refractivity contribution in [3.63, 3.8) is 0 Å². The second-order valence-corrected chi connectivity index (χ2v) is 7.44. The van der Waals surface area contributed by atoms with Gasteiger partial charge in [-0.2, -0.15) is 0 Å². The number of aliphatic hydroxyl groups excluding tert-OH is 1. The largest absolute Gasteiger partial charge is 0.392 e. The maximum Gasteiger partial charge on any atom is 0.222 e. The molecule has 0 unspecified atom stereocenters. The van der Waals surface area contributed by atoms with E-state index < -0.39 is 0 Å². The number of aryl methyl sites for hydroxylation is 2. The third-order valence-electron chi connectivity index (χ3n) is 6.10. The monoisotopic (exact) mass is 346 g/mol. The highest BCUT2D eigenvalue weighted by Crippen LogP contribution is 2.50. The topological polar surface area (TPSA) is 75.8 Å². The first kappa shape index (κ1) is 18.4. The number of ether oxygens (including phenoxy) is 1. The van der Waals surface area contributed by atoms with Crippen LogP contribution in [0.1, 0.15) is 36.8 Å². The molecule has 1 aromatic carbocycles. The minimum absolute atomic E-state index is 0.0928. The van der Waals surface area contributed by atoms with Crippen molar-refractivity contribution in [2.75, 3.05) is 26.2 Å². The van der Waals surface area contributed by atoms with Crippen LogP contribution in [0.2, 0.25) is 0 Å². The number of carbonyl (C=O) groups excluding carboxylic acids is 1. The Labute approximate surface area is 150 Å². The van der Waals surface area contributed by atoms with Gasteiger partial charge in [0.25, 0.3) is 0 Å². The summed E-state index contributed by atoms with van der Waals surface area (Å²) < 4.78 is 5.82. The van der Waals surface area contributed by atoms with Crippen molar-refractivity contribution >= 4 is 5.91 Å². The zero-order valence-electron chi connectivity index (χ0n) is 15.1. The molecule has 2 atom stereocenters. The van der Waals surface area contributed by atoms with Crippen LogP contribution >= 0.6 is 0 Å². The van der Waals surface area contributed by atoms with Crippen LogP contribution in [-0.2, 0) is 16.0 Å². The van der Waals surface area contributed by atoms with Crippen molar-refractivity contribution < 1.29 is 14.6 Å². The van der Waals surface area contributed by atoms with Crippen LogP contribution in [0.4, 0.5) is 0 Å². The summed E-state index contributed by atoms with van der Waals surface area (Å²) in [7, 11) is 0. The second-order valence-electron chi connectivity index (χ2n) is 7.44. The first-order valence-corrected chi connectivity index (χ1v) is 9.39. The molecule has 1 saturated heterocycles. The maximum atomic E-state index is 12.6. The Balaban J connectivity index is 1.50. The van der Waals surface area contributed by atoms with Crippen molar-refractivity contribution in [1.82, 2.24) is 4.90 Å². The van der Waals surface area contributed by atoms with Gasteiger partial charge in [0.2, 0.25) is 5.91 Å². The molecule has 3 N–H and O–H groups in total. The maximum absolute atomic E-state index is 12.6. The van der Waals surface area contributed by atoms with Crippen LogP contribution < -0.4 is 5.73 Å². The van der Waals surface area contributed by atoms with Gasteiger partial charge in [-0.1, -0.05) is 24.3 Å².